The van der Waals surface area contributed by atoms with E-state index in [4.69, 9.17) is 4.74 Å². The fraction of sp³-hybridized carbons (Fsp3) is 0.731. The first-order valence-electron chi connectivity index (χ1n) is 12.1. The predicted molar refractivity (Wildman–Crippen MR) is 123 cm³/mol. The van der Waals surface area contributed by atoms with E-state index in [-0.39, 0.29) is 11.3 Å². The van der Waals surface area contributed by atoms with Crippen molar-refractivity contribution in [1.82, 2.24) is 0 Å². The standard InChI is InChI=1S/C26H44O3/c1-3-4-5-6-7-8-9-10-11-12-13-14-15-16-17-18-19-23-20-21-25(27)24(22-23)26(28)29-2/h20-22,27H,3-19H2,1-2H3. The summed E-state index contributed by atoms with van der Waals surface area (Å²) in [5.74, 6) is -0.483. The van der Waals surface area contributed by atoms with Crippen molar-refractivity contribution in [3.63, 3.8) is 0 Å². The summed E-state index contributed by atoms with van der Waals surface area (Å²) in [6.07, 6.45) is 22.8. The van der Waals surface area contributed by atoms with Crippen molar-refractivity contribution in [1.29, 1.82) is 0 Å². The number of hydrogen-bond donors (Lipinski definition) is 1. The molecule has 0 aromatic heterocycles. The zero-order valence-corrected chi connectivity index (χ0v) is 19.0. The Kier molecular flexibility index (Phi) is 15.3. The van der Waals surface area contributed by atoms with Gasteiger partial charge in [0.15, 0.2) is 0 Å². The summed E-state index contributed by atoms with van der Waals surface area (Å²) in [6, 6.07) is 5.24. The second-order valence-electron chi connectivity index (χ2n) is 8.40. The van der Waals surface area contributed by atoms with Crippen LogP contribution in [-0.4, -0.2) is 18.2 Å². The fourth-order valence-electron chi connectivity index (χ4n) is 3.89. The molecule has 0 bridgehead atoms. The minimum atomic E-state index is -0.476. The van der Waals surface area contributed by atoms with Crippen LogP contribution in [0.15, 0.2) is 18.2 Å². The molecular formula is C26H44O3. The minimum Gasteiger partial charge on any atom is -0.507 e. The monoisotopic (exact) mass is 404 g/mol. The molecule has 0 aliphatic rings. The molecule has 0 aliphatic carbocycles. The molecule has 0 atom stereocenters. The van der Waals surface area contributed by atoms with Crippen molar-refractivity contribution in [3.8, 4) is 5.75 Å². The van der Waals surface area contributed by atoms with E-state index in [1.165, 1.54) is 103 Å². The molecule has 0 amide bonds. The van der Waals surface area contributed by atoms with Gasteiger partial charge in [-0.2, -0.15) is 0 Å². The summed E-state index contributed by atoms with van der Waals surface area (Å²) in [4.78, 5) is 11.6. The second-order valence-corrected chi connectivity index (χ2v) is 8.40. The molecule has 3 nitrogen and oxygen atoms in total. The molecule has 1 aromatic carbocycles. The van der Waals surface area contributed by atoms with Gasteiger partial charge in [0.05, 0.1) is 7.11 Å². The molecule has 29 heavy (non-hydrogen) atoms. The van der Waals surface area contributed by atoms with Crippen LogP contribution in [0.4, 0.5) is 0 Å². The Bertz CT molecular complexity index is 539. The van der Waals surface area contributed by atoms with Crippen molar-refractivity contribution < 1.29 is 14.6 Å². The zero-order chi connectivity index (χ0) is 21.2. The molecule has 0 saturated carbocycles. The number of rotatable bonds is 18. The van der Waals surface area contributed by atoms with Crippen LogP contribution in [0.25, 0.3) is 0 Å². The molecule has 1 N–H and O–H groups in total. The average molecular weight is 405 g/mol. The molecule has 1 aromatic rings. The number of hydrogen-bond acceptors (Lipinski definition) is 3. The van der Waals surface area contributed by atoms with E-state index in [9.17, 15) is 9.90 Å². The number of carbonyl (C=O) groups is 1. The van der Waals surface area contributed by atoms with Gasteiger partial charge in [0.1, 0.15) is 11.3 Å². The molecule has 3 heteroatoms. The number of ether oxygens (including phenoxy) is 1. The maximum absolute atomic E-state index is 11.6. The van der Waals surface area contributed by atoms with Crippen LogP contribution in [0.1, 0.15) is 126 Å². The van der Waals surface area contributed by atoms with Crippen LogP contribution in [0, 0.1) is 0 Å². The maximum atomic E-state index is 11.6. The van der Waals surface area contributed by atoms with Crippen LogP contribution in [-0.2, 0) is 11.2 Å². The SMILES string of the molecule is CCCCCCCCCCCCCCCCCCc1ccc(O)c(C(=O)OC)c1. The number of unbranched alkanes of at least 4 members (excludes halogenated alkanes) is 15. The highest BCUT2D eigenvalue weighted by molar-refractivity contribution is 5.92. The molecule has 166 valence electrons. The van der Waals surface area contributed by atoms with Crippen molar-refractivity contribution >= 4 is 5.97 Å². The lowest BCUT2D eigenvalue weighted by Gasteiger charge is -2.07. The minimum absolute atomic E-state index is 0.00688. The molecule has 0 unspecified atom stereocenters. The topological polar surface area (TPSA) is 46.5 Å². The summed E-state index contributed by atoms with van der Waals surface area (Å²) in [5.41, 5.74) is 1.36. The third-order valence-electron chi connectivity index (χ3n) is 5.79. The van der Waals surface area contributed by atoms with E-state index in [1.807, 2.05) is 6.07 Å². The highest BCUT2D eigenvalue weighted by atomic mass is 16.5. The number of esters is 1. The normalized spacial score (nSPS) is 11.0. The third-order valence-corrected chi connectivity index (χ3v) is 5.79. The Hall–Kier alpha value is -1.51. The van der Waals surface area contributed by atoms with E-state index in [1.54, 1.807) is 12.1 Å². The summed E-state index contributed by atoms with van der Waals surface area (Å²) in [5, 5.41) is 9.75. The largest absolute Gasteiger partial charge is 0.507 e. The number of aromatic hydroxyl groups is 1. The molecule has 0 spiro atoms. The number of benzene rings is 1. The molecule has 0 heterocycles. The van der Waals surface area contributed by atoms with E-state index in [0.29, 0.717) is 0 Å². The number of methoxy groups -OCH3 is 1. The summed E-state index contributed by atoms with van der Waals surface area (Å²) >= 11 is 0. The molecular weight excluding hydrogens is 360 g/mol. The molecule has 0 radical (unpaired) electrons. The smallest absolute Gasteiger partial charge is 0.341 e. The van der Waals surface area contributed by atoms with Crippen LogP contribution >= 0.6 is 0 Å². The highest BCUT2D eigenvalue weighted by Gasteiger charge is 2.11. The van der Waals surface area contributed by atoms with Gasteiger partial charge in [-0.3, -0.25) is 0 Å². The second kappa shape index (κ2) is 17.4. The van der Waals surface area contributed by atoms with Crippen LogP contribution in [0.2, 0.25) is 0 Å². The first kappa shape index (κ1) is 25.5. The lowest BCUT2D eigenvalue weighted by Crippen LogP contribution is -2.02. The third kappa shape index (κ3) is 12.6. The molecule has 0 fully saturated rings. The predicted octanol–water partition coefficient (Wildman–Crippen LogP) is 7.98. The van der Waals surface area contributed by atoms with Crippen molar-refractivity contribution in [3.05, 3.63) is 29.3 Å². The Labute approximate surface area is 179 Å². The van der Waals surface area contributed by atoms with Gasteiger partial charge >= 0.3 is 5.97 Å². The molecule has 0 saturated heterocycles. The molecule has 0 aliphatic heterocycles. The van der Waals surface area contributed by atoms with E-state index in [0.717, 1.165) is 18.4 Å². The Morgan fingerprint density at radius 1 is 0.759 bits per heavy atom. The maximum Gasteiger partial charge on any atom is 0.341 e. The van der Waals surface area contributed by atoms with Crippen LogP contribution < -0.4 is 0 Å². The van der Waals surface area contributed by atoms with Gasteiger partial charge in [-0.05, 0) is 30.5 Å². The van der Waals surface area contributed by atoms with Crippen molar-refractivity contribution in [2.24, 2.45) is 0 Å². The Morgan fingerprint density at radius 3 is 1.66 bits per heavy atom. The van der Waals surface area contributed by atoms with E-state index < -0.39 is 5.97 Å². The van der Waals surface area contributed by atoms with Gasteiger partial charge in [0, 0.05) is 0 Å². The first-order chi connectivity index (χ1) is 14.2. The lowest BCUT2D eigenvalue weighted by atomic mass is 10.0. The Morgan fingerprint density at radius 2 is 1.21 bits per heavy atom. The zero-order valence-electron chi connectivity index (χ0n) is 19.0. The first-order valence-corrected chi connectivity index (χ1v) is 12.1. The van der Waals surface area contributed by atoms with Gasteiger partial charge in [0.2, 0.25) is 0 Å². The van der Waals surface area contributed by atoms with Gasteiger partial charge in [-0.15, -0.1) is 0 Å². The number of aryl methyl sites for hydroxylation is 1. The van der Waals surface area contributed by atoms with E-state index >= 15 is 0 Å². The highest BCUT2D eigenvalue weighted by Crippen LogP contribution is 2.21. The van der Waals surface area contributed by atoms with Gasteiger partial charge in [0.25, 0.3) is 0 Å². The van der Waals surface area contributed by atoms with E-state index in [2.05, 4.69) is 6.92 Å². The van der Waals surface area contributed by atoms with Gasteiger partial charge in [-0.1, -0.05) is 109 Å². The van der Waals surface area contributed by atoms with Crippen molar-refractivity contribution in [2.75, 3.05) is 7.11 Å². The summed E-state index contributed by atoms with van der Waals surface area (Å²) in [6.45, 7) is 2.28. The van der Waals surface area contributed by atoms with Crippen LogP contribution in [0.3, 0.4) is 0 Å². The molecule has 1 rings (SSSR count). The summed E-state index contributed by atoms with van der Waals surface area (Å²) < 4.78 is 4.71. The number of phenols is 1. The number of carbonyl (C=O) groups excluding carboxylic acids is 1. The summed E-state index contributed by atoms with van der Waals surface area (Å²) in [7, 11) is 1.34. The lowest BCUT2D eigenvalue weighted by molar-refractivity contribution is 0.0597. The van der Waals surface area contributed by atoms with Gasteiger partial charge in [-0.25, -0.2) is 4.79 Å². The van der Waals surface area contributed by atoms with Crippen LogP contribution in [0.5, 0.6) is 5.75 Å². The number of phenolic OH excluding ortho intramolecular Hbond substituents is 1. The quantitative estimate of drug-likeness (QED) is 0.199. The van der Waals surface area contributed by atoms with Gasteiger partial charge < -0.3 is 9.84 Å². The fourth-order valence-corrected chi connectivity index (χ4v) is 3.89. The van der Waals surface area contributed by atoms with Crippen molar-refractivity contribution in [2.45, 2.75) is 116 Å². The Balaban J connectivity index is 1.92. The average Bonchev–Trinajstić information content (AvgIpc) is 2.74.